The minimum absolute atomic E-state index is 0.128. The molecule has 0 radical (unpaired) electrons. The maximum atomic E-state index is 9.75. The van der Waals surface area contributed by atoms with Gasteiger partial charge in [0, 0.05) is 22.3 Å². The van der Waals surface area contributed by atoms with E-state index in [1.807, 2.05) is 0 Å². The molecule has 0 aromatic rings. The van der Waals surface area contributed by atoms with E-state index in [1.165, 1.54) is 6.42 Å². The minimum atomic E-state index is -6.00. The third-order valence-corrected chi connectivity index (χ3v) is 5.77. The number of likely N-dealkylation sites (N-methyl/N-ethyl adjacent to an activating group) is 3. The van der Waals surface area contributed by atoms with Crippen LogP contribution in [0.25, 0.3) is 0 Å². The summed E-state index contributed by atoms with van der Waals surface area (Å²) in [7, 11) is 2.86. The van der Waals surface area contributed by atoms with Crippen LogP contribution >= 0.6 is 9.24 Å². The molecular weight excluding hydrogens is 316 g/mol. The van der Waals surface area contributed by atoms with Gasteiger partial charge in [-0.15, -0.1) is 0 Å². The Morgan fingerprint density at radius 1 is 0.864 bits per heavy atom. The predicted molar refractivity (Wildman–Crippen MR) is 93.0 cm³/mol. The van der Waals surface area contributed by atoms with Crippen LogP contribution in [0.3, 0.4) is 0 Å². The number of nitrogens with zero attached hydrogens (tertiary/aromatic N) is 3. The summed E-state index contributed by atoms with van der Waals surface area (Å²) in [6.45, 7) is 12.3. The molecule has 0 aliphatic heterocycles. The zero-order valence-electron chi connectivity index (χ0n) is 15.0. The van der Waals surface area contributed by atoms with Gasteiger partial charge in [-0.2, -0.15) is 0 Å². The highest BCUT2D eigenvalue weighted by atomic mass is 31.0. The normalized spacial score (nSPS) is 14.5. The Hall–Kier alpha value is 0.0949. The molecule has 0 rings (SSSR count). The molecule has 0 bridgehead atoms. The summed E-state index contributed by atoms with van der Waals surface area (Å²) in [5.41, 5.74) is 0. The topological polar surface area (TPSA) is 9.72 Å². The second-order valence-corrected chi connectivity index (χ2v) is 6.44. The monoisotopic (exact) mass is 349 g/mol. The summed E-state index contributed by atoms with van der Waals surface area (Å²) in [5.74, 6) is 0. The largest absolute Gasteiger partial charge is 0.673 e. The van der Waals surface area contributed by atoms with Crippen LogP contribution in [-0.4, -0.2) is 74.2 Å². The van der Waals surface area contributed by atoms with Crippen LogP contribution in [0.5, 0.6) is 0 Å². The molecule has 0 saturated carbocycles. The number of halogens is 4. The van der Waals surface area contributed by atoms with Crippen LogP contribution < -0.4 is 0 Å². The molecule has 2 atom stereocenters. The molecule has 0 N–H and O–H groups in total. The SMILES string of the molecule is CCC(N(C)CC)C([PH3+])(N(C)CC)N(C)CC.F[B-](F)(F)F. The Labute approximate surface area is 135 Å². The number of hydrogen-bond donors (Lipinski definition) is 0. The Morgan fingerprint density at radius 3 is 1.36 bits per heavy atom. The first kappa shape index (κ1) is 24.3. The predicted octanol–water partition coefficient (Wildman–Crippen LogP) is 3.18. The van der Waals surface area contributed by atoms with Crippen molar-refractivity contribution in [3.8, 4) is 0 Å². The lowest BCUT2D eigenvalue weighted by atomic mass is 10.1. The van der Waals surface area contributed by atoms with Crippen LogP contribution in [0.4, 0.5) is 17.3 Å². The Kier molecular flexibility index (Phi) is 11.9. The lowest BCUT2D eigenvalue weighted by molar-refractivity contribution is -0.0161. The fourth-order valence-corrected chi connectivity index (χ4v) is 3.61. The lowest BCUT2D eigenvalue weighted by Gasteiger charge is -2.48. The summed E-state index contributed by atoms with van der Waals surface area (Å²) in [4.78, 5) is 7.44. The van der Waals surface area contributed by atoms with Crippen molar-refractivity contribution < 1.29 is 17.3 Å². The zero-order valence-corrected chi connectivity index (χ0v) is 16.5. The van der Waals surface area contributed by atoms with Crippen LogP contribution in [0.1, 0.15) is 34.1 Å². The molecule has 3 nitrogen and oxygen atoms in total. The van der Waals surface area contributed by atoms with E-state index >= 15 is 0 Å². The highest BCUT2D eigenvalue weighted by Gasteiger charge is 2.46. The van der Waals surface area contributed by atoms with Gasteiger partial charge in [0.05, 0.1) is 6.04 Å². The quantitative estimate of drug-likeness (QED) is 0.288. The molecular formula is C13H33BF4N3P. The summed E-state index contributed by atoms with van der Waals surface area (Å²) in [6, 6.07) is 0.570. The molecule has 0 aromatic heterocycles. The molecule has 0 fully saturated rings. The van der Waals surface area contributed by atoms with Crippen molar-refractivity contribution in [3.63, 3.8) is 0 Å². The van der Waals surface area contributed by atoms with Crippen molar-refractivity contribution in [3.05, 3.63) is 0 Å². The van der Waals surface area contributed by atoms with E-state index in [4.69, 9.17) is 0 Å². The molecule has 0 heterocycles. The first-order valence-corrected chi connectivity index (χ1v) is 8.45. The Morgan fingerprint density at radius 2 is 1.18 bits per heavy atom. The average Bonchev–Trinajstić information content (AvgIpc) is 2.43. The summed E-state index contributed by atoms with van der Waals surface area (Å²) in [5, 5.41) is 0.128. The molecule has 0 aliphatic rings. The highest BCUT2D eigenvalue weighted by molar-refractivity contribution is 7.18. The van der Waals surface area contributed by atoms with Gasteiger partial charge in [-0.25, -0.2) is 0 Å². The molecule has 9 heteroatoms. The molecule has 0 aliphatic carbocycles. The van der Waals surface area contributed by atoms with Crippen molar-refractivity contribution in [2.45, 2.75) is 45.6 Å². The van der Waals surface area contributed by atoms with Crippen LogP contribution in [-0.2, 0) is 0 Å². The van der Waals surface area contributed by atoms with Gasteiger partial charge >= 0.3 is 7.25 Å². The first-order chi connectivity index (χ1) is 9.89. The third kappa shape index (κ3) is 8.09. The molecule has 0 amide bonds. The van der Waals surface area contributed by atoms with Gasteiger partial charge in [-0.3, -0.25) is 14.7 Å². The van der Waals surface area contributed by atoms with E-state index < -0.39 is 7.25 Å². The smallest absolute Gasteiger partial charge is 0.418 e. The Balaban J connectivity index is 0. The average molecular weight is 349 g/mol. The van der Waals surface area contributed by atoms with Crippen LogP contribution in [0, 0.1) is 0 Å². The molecule has 136 valence electrons. The van der Waals surface area contributed by atoms with E-state index in [0.29, 0.717) is 6.04 Å². The van der Waals surface area contributed by atoms with E-state index in [9.17, 15) is 17.3 Å². The van der Waals surface area contributed by atoms with Gasteiger partial charge in [0.2, 0.25) is 0 Å². The highest BCUT2D eigenvalue weighted by Crippen LogP contribution is 2.34. The van der Waals surface area contributed by atoms with Gasteiger partial charge in [-0.05, 0) is 34.1 Å². The van der Waals surface area contributed by atoms with Gasteiger partial charge < -0.3 is 17.3 Å². The second-order valence-electron chi connectivity index (χ2n) is 5.40. The van der Waals surface area contributed by atoms with E-state index in [1.54, 1.807) is 0 Å². The third-order valence-electron chi connectivity index (χ3n) is 4.22. The number of rotatable bonds is 8. The molecule has 0 aromatic carbocycles. The van der Waals surface area contributed by atoms with Crippen molar-refractivity contribution in [1.82, 2.24) is 14.7 Å². The number of hydrogen-bond acceptors (Lipinski definition) is 3. The van der Waals surface area contributed by atoms with Crippen LogP contribution in [0.2, 0.25) is 0 Å². The van der Waals surface area contributed by atoms with Gasteiger partial charge in [0.15, 0.2) is 5.40 Å². The maximum Gasteiger partial charge on any atom is 0.673 e. The molecule has 2 unspecified atom stereocenters. The maximum absolute atomic E-state index is 9.75. The lowest BCUT2D eigenvalue weighted by Crippen LogP contribution is -2.64. The molecule has 22 heavy (non-hydrogen) atoms. The van der Waals surface area contributed by atoms with E-state index in [2.05, 4.69) is 72.8 Å². The summed E-state index contributed by atoms with van der Waals surface area (Å²) in [6.07, 6.45) is 1.18. The van der Waals surface area contributed by atoms with E-state index in [-0.39, 0.29) is 5.40 Å². The fraction of sp³-hybridized carbons (Fsp3) is 1.00. The fourth-order valence-electron chi connectivity index (χ4n) is 2.56. The van der Waals surface area contributed by atoms with E-state index in [0.717, 1.165) is 19.6 Å². The minimum Gasteiger partial charge on any atom is -0.418 e. The van der Waals surface area contributed by atoms with Crippen molar-refractivity contribution in [2.24, 2.45) is 0 Å². The summed E-state index contributed by atoms with van der Waals surface area (Å²) < 4.78 is 39.0. The van der Waals surface area contributed by atoms with Crippen molar-refractivity contribution in [1.29, 1.82) is 0 Å². The van der Waals surface area contributed by atoms with Gasteiger partial charge in [-0.1, -0.05) is 27.7 Å². The van der Waals surface area contributed by atoms with Crippen molar-refractivity contribution >= 4 is 16.5 Å². The van der Waals surface area contributed by atoms with Gasteiger partial charge in [0.1, 0.15) is 0 Å². The zero-order chi connectivity index (χ0) is 18.1. The Bertz CT molecular complexity index is 279. The summed E-state index contributed by atoms with van der Waals surface area (Å²) >= 11 is 0. The van der Waals surface area contributed by atoms with Crippen molar-refractivity contribution in [2.75, 3.05) is 40.8 Å². The first-order valence-electron chi connectivity index (χ1n) is 7.75. The van der Waals surface area contributed by atoms with Gasteiger partial charge in [0.25, 0.3) is 0 Å². The standard InChI is InChI=1S/C13H32N3P.BF4/c1-8-12(14(5)9-2)13(17,15(6)10-3)16(7)11-4;2-1(3,4)5/h12H,8-11,17H2,1-7H3;/q;-1/p+1. The van der Waals surface area contributed by atoms with Crippen LogP contribution in [0.15, 0.2) is 0 Å². The second kappa shape index (κ2) is 10.8. The molecule has 0 saturated heterocycles. The molecule has 0 spiro atoms.